The van der Waals surface area contributed by atoms with Crippen molar-refractivity contribution in [3.63, 3.8) is 0 Å². The summed E-state index contributed by atoms with van der Waals surface area (Å²) in [5, 5.41) is 18.0. The van der Waals surface area contributed by atoms with Gasteiger partial charge < -0.3 is 24.4 Å². The topological polar surface area (TPSA) is 139 Å². The van der Waals surface area contributed by atoms with E-state index < -0.39 is 33.5 Å². The maximum atomic E-state index is 13.8. The molecule has 0 bridgehead atoms. The summed E-state index contributed by atoms with van der Waals surface area (Å²) in [6.07, 6.45) is 2.29. The molecule has 12 nitrogen and oxygen atoms in total. The van der Waals surface area contributed by atoms with E-state index in [9.17, 15) is 18.3 Å². The van der Waals surface area contributed by atoms with Gasteiger partial charge in [-0.3, -0.25) is 4.40 Å². The van der Waals surface area contributed by atoms with Gasteiger partial charge in [-0.2, -0.15) is 0 Å². The third kappa shape index (κ3) is 7.75. The van der Waals surface area contributed by atoms with Crippen molar-refractivity contribution in [2.75, 3.05) is 32.8 Å². The molecule has 2 aliphatic rings. The molecule has 0 radical (unpaired) electrons. The minimum absolute atomic E-state index is 0.0312. The largest absolute Gasteiger partial charge is 0.443 e. The molecule has 1 aromatic carbocycles. The highest BCUT2D eigenvalue weighted by Crippen LogP contribution is 2.29. The average molecular weight is 629 g/mol. The number of aromatic nitrogens is 3. The van der Waals surface area contributed by atoms with Crippen LogP contribution in [0.1, 0.15) is 69.1 Å². The summed E-state index contributed by atoms with van der Waals surface area (Å²) in [5.41, 5.74) is 2.05. The van der Waals surface area contributed by atoms with Gasteiger partial charge in [0.15, 0.2) is 11.5 Å². The lowest BCUT2D eigenvalue weighted by Gasteiger charge is -2.35. The van der Waals surface area contributed by atoms with E-state index in [0.717, 1.165) is 31.5 Å². The van der Waals surface area contributed by atoms with E-state index in [2.05, 4.69) is 33.7 Å². The first kappa shape index (κ1) is 32.3. The molecular weight excluding hydrogens is 584 g/mol. The number of carbonyl (C=O) groups is 1. The molecule has 2 unspecified atom stereocenters. The standard InChI is InChI=1S/C31H44N6O6S/c1-3-35(4-2)24-13-15-27(16-14-24)44(40,41)34-28(22-42-20-23-9-6-5-7-10-23)30-33-32-29-12-8-11-25(37(29)30)21-43-31(39)36-18-17-26(38)19-36/h5-12,24,26-28,34,38H,3-4,13-22H2,1-2H3. The zero-order valence-electron chi connectivity index (χ0n) is 25.5. The highest BCUT2D eigenvalue weighted by atomic mass is 32.2. The summed E-state index contributed by atoms with van der Waals surface area (Å²) in [6.45, 7) is 7.12. The number of carbonyl (C=O) groups excluding carboxylic acids is 1. The molecule has 13 heteroatoms. The van der Waals surface area contributed by atoms with Gasteiger partial charge in [-0.05, 0) is 62.9 Å². The molecule has 1 saturated heterocycles. The van der Waals surface area contributed by atoms with Crippen molar-refractivity contribution in [2.24, 2.45) is 0 Å². The molecule has 3 heterocycles. The number of sulfonamides is 1. The number of nitrogens with zero attached hydrogens (tertiary/aromatic N) is 5. The smallest absolute Gasteiger partial charge is 0.410 e. The number of β-amino-alcohol motifs (C(OH)–C–C–N with tert-alkyl or cyclic N) is 1. The van der Waals surface area contributed by atoms with E-state index in [1.165, 1.54) is 4.90 Å². The van der Waals surface area contributed by atoms with Crippen LogP contribution in [-0.2, 0) is 32.7 Å². The summed E-state index contributed by atoms with van der Waals surface area (Å²) in [5.74, 6) is 0.358. The summed E-state index contributed by atoms with van der Waals surface area (Å²) < 4.78 is 43.9. The monoisotopic (exact) mass is 628 g/mol. The Kier molecular flexibility index (Phi) is 10.9. The number of nitrogens with one attached hydrogen (secondary N) is 1. The summed E-state index contributed by atoms with van der Waals surface area (Å²) >= 11 is 0. The van der Waals surface area contributed by atoms with E-state index in [0.29, 0.717) is 55.6 Å². The second-order valence-electron chi connectivity index (χ2n) is 11.6. The molecule has 1 aliphatic heterocycles. The first-order chi connectivity index (χ1) is 21.3. The number of likely N-dealkylation sites (tertiary alicyclic amines) is 1. The van der Waals surface area contributed by atoms with Crippen LogP contribution in [-0.4, -0.2) is 94.2 Å². The molecule has 0 spiro atoms. The fourth-order valence-corrected chi connectivity index (χ4v) is 7.94. The summed E-state index contributed by atoms with van der Waals surface area (Å²) in [6, 6.07) is 14.6. The fourth-order valence-electron chi connectivity index (χ4n) is 6.29. The van der Waals surface area contributed by atoms with Gasteiger partial charge in [0, 0.05) is 19.1 Å². The Morgan fingerprint density at radius 3 is 2.45 bits per heavy atom. The predicted molar refractivity (Wildman–Crippen MR) is 165 cm³/mol. The van der Waals surface area contributed by atoms with E-state index in [1.807, 2.05) is 30.3 Å². The molecule has 240 valence electrons. The molecule has 1 amide bonds. The number of rotatable bonds is 13. The van der Waals surface area contributed by atoms with Crippen LogP contribution in [0.5, 0.6) is 0 Å². The van der Waals surface area contributed by atoms with Crippen molar-refractivity contribution in [2.45, 2.75) is 82.6 Å². The van der Waals surface area contributed by atoms with Gasteiger partial charge in [-0.15, -0.1) is 10.2 Å². The number of aliphatic hydroxyl groups excluding tert-OH is 1. The Labute approximate surface area is 259 Å². The quantitative estimate of drug-likeness (QED) is 0.292. The van der Waals surface area contributed by atoms with Crippen LogP contribution in [0.2, 0.25) is 0 Å². The van der Waals surface area contributed by atoms with Crippen molar-refractivity contribution in [1.29, 1.82) is 0 Å². The van der Waals surface area contributed by atoms with Crippen molar-refractivity contribution >= 4 is 21.8 Å². The van der Waals surface area contributed by atoms with Crippen LogP contribution in [0, 0.1) is 0 Å². The first-order valence-corrected chi connectivity index (χ1v) is 17.1. The highest BCUT2D eigenvalue weighted by molar-refractivity contribution is 7.90. The summed E-state index contributed by atoms with van der Waals surface area (Å²) in [7, 11) is -3.74. The number of pyridine rings is 1. The number of benzene rings is 1. The summed E-state index contributed by atoms with van der Waals surface area (Å²) in [4.78, 5) is 16.5. The Morgan fingerprint density at radius 2 is 1.77 bits per heavy atom. The molecule has 2 N–H and O–H groups in total. The van der Waals surface area contributed by atoms with E-state index >= 15 is 0 Å². The van der Waals surface area contributed by atoms with Crippen molar-refractivity contribution in [3.8, 4) is 0 Å². The number of ether oxygens (including phenoxy) is 2. The van der Waals surface area contributed by atoms with Gasteiger partial charge in [0.05, 0.1) is 30.3 Å². The van der Waals surface area contributed by atoms with Crippen LogP contribution in [0.15, 0.2) is 48.5 Å². The van der Waals surface area contributed by atoms with E-state index in [1.54, 1.807) is 22.6 Å². The first-order valence-electron chi connectivity index (χ1n) is 15.6. The molecule has 2 fully saturated rings. The molecule has 3 aromatic rings. The Hall–Kier alpha value is -3.10. The normalized spacial score (nSPS) is 21.6. The molecule has 2 atom stereocenters. The third-order valence-electron chi connectivity index (χ3n) is 8.72. The molecule has 2 aromatic heterocycles. The van der Waals surface area contributed by atoms with E-state index in [-0.39, 0.29) is 19.8 Å². The van der Waals surface area contributed by atoms with Gasteiger partial charge in [0.1, 0.15) is 12.6 Å². The zero-order chi connectivity index (χ0) is 31.1. The Bertz CT molecular complexity index is 1470. The van der Waals surface area contributed by atoms with Gasteiger partial charge in [-0.25, -0.2) is 17.9 Å². The third-order valence-corrected chi connectivity index (χ3v) is 10.7. The number of hydrogen-bond donors (Lipinski definition) is 2. The zero-order valence-corrected chi connectivity index (χ0v) is 26.4. The maximum absolute atomic E-state index is 13.8. The second-order valence-corrected chi connectivity index (χ2v) is 13.6. The molecule has 1 aliphatic carbocycles. The highest BCUT2D eigenvalue weighted by Gasteiger charge is 2.35. The molecule has 1 saturated carbocycles. The fraction of sp³-hybridized carbons (Fsp3) is 0.581. The lowest BCUT2D eigenvalue weighted by atomic mass is 9.94. The van der Waals surface area contributed by atoms with Crippen LogP contribution in [0.4, 0.5) is 4.79 Å². The van der Waals surface area contributed by atoms with Gasteiger partial charge in [0.2, 0.25) is 10.0 Å². The van der Waals surface area contributed by atoms with Crippen molar-refractivity contribution in [1.82, 2.24) is 29.1 Å². The number of hydrogen-bond acceptors (Lipinski definition) is 9. The van der Waals surface area contributed by atoms with Crippen LogP contribution >= 0.6 is 0 Å². The number of fused-ring (bicyclic) bond motifs is 1. The Balaban J connectivity index is 1.36. The van der Waals surface area contributed by atoms with Crippen molar-refractivity contribution < 1.29 is 27.8 Å². The SMILES string of the molecule is CCN(CC)C1CCC(S(=O)(=O)NC(COCc2ccccc2)c2nnc3cccc(COC(=O)N4CCC(O)C4)n23)CC1. The van der Waals surface area contributed by atoms with Gasteiger partial charge in [-0.1, -0.05) is 50.2 Å². The lowest BCUT2D eigenvalue weighted by molar-refractivity contribution is 0.0947. The maximum Gasteiger partial charge on any atom is 0.410 e. The second kappa shape index (κ2) is 14.8. The predicted octanol–water partition coefficient (Wildman–Crippen LogP) is 3.26. The number of amides is 1. The minimum atomic E-state index is -3.74. The van der Waals surface area contributed by atoms with E-state index in [4.69, 9.17) is 9.47 Å². The number of aliphatic hydroxyl groups is 1. The molecular formula is C31H44N6O6S. The Morgan fingerprint density at radius 1 is 1.02 bits per heavy atom. The average Bonchev–Trinajstić information content (AvgIpc) is 3.68. The van der Waals surface area contributed by atoms with Crippen LogP contribution in [0.25, 0.3) is 5.65 Å². The van der Waals surface area contributed by atoms with Gasteiger partial charge in [0.25, 0.3) is 0 Å². The van der Waals surface area contributed by atoms with Gasteiger partial charge >= 0.3 is 6.09 Å². The minimum Gasteiger partial charge on any atom is -0.443 e. The molecule has 5 rings (SSSR count). The lowest BCUT2D eigenvalue weighted by Crippen LogP contribution is -2.44. The van der Waals surface area contributed by atoms with Crippen molar-refractivity contribution in [3.05, 3.63) is 65.6 Å². The van der Waals surface area contributed by atoms with Crippen LogP contribution in [0.3, 0.4) is 0 Å². The molecule has 44 heavy (non-hydrogen) atoms. The van der Waals surface area contributed by atoms with Crippen LogP contribution < -0.4 is 4.72 Å².